The molecule has 1 saturated heterocycles. The molecule has 1 aromatic rings. The summed E-state index contributed by atoms with van der Waals surface area (Å²) in [7, 11) is -0.518. The summed E-state index contributed by atoms with van der Waals surface area (Å²) in [6.45, 7) is 7.38. The van der Waals surface area contributed by atoms with Crippen molar-refractivity contribution in [3.63, 3.8) is 0 Å². The lowest BCUT2D eigenvalue weighted by atomic mass is 9.81. The Hall–Kier alpha value is -1.75. The number of aliphatic hydroxyl groups excluding tert-OH is 2. The first-order valence-electron chi connectivity index (χ1n) is 10.2. The van der Waals surface area contributed by atoms with Crippen molar-refractivity contribution in [1.29, 1.82) is 0 Å². The Balaban J connectivity index is 1.63. The molecule has 9 nitrogen and oxygen atoms in total. The van der Waals surface area contributed by atoms with Gasteiger partial charge in [0.25, 0.3) is 5.91 Å². The second kappa shape index (κ2) is 8.55. The SMILES string of the molecule is CC1(C)OB(c2cnc(N[C@H]3CCCC[C@@H]3NC(=O)[C@@H](O)CO)nc2)OC1(C)C. The number of rotatable bonds is 6. The first kappa shape index (κ1) is 22.0. The molecule has 1 amide bonds. The first-order chi connectivity index (χ1) is 13.6. The molecule has 4 N–H and O–H groups in total. The van der Waals surface area contributed by atoms with Gasteiger partial charge in [-0.1, -0.05) is 12.8 Å². The number of anilines is 1. The molecule has 0 radical (unpaired) electrons. The maximum absolute atomic E-state index is 11.9. The number of aromatic nitrogens is 2. The van der Waals surface area contributed by atoms with Crippen LogP contribution in [0.1, 0.15) is 53.4 Å². The molecule has 2 fully saturated rings. The third kappa shape index (κ3) is 4.88. The molecule has 10 heteroatoms. The number of carbonyl (C=O) groups excluding carboxylic acids is 1. The Bertz CT molecular complexity index is 699. The Labute approximate surface area is 171 Å². The van der Waals surface area contributed by atoms with Crippen LogP contribution in [0, 0.1) is 0 Å². The van der Waals surface area contributed by atoms with Crippen molar-refractivity contribution in [3.8, 4) is 0 Å². The van der Waals surface area contributed by atoms with Gasteiger partial charge in [0.15, 0.2) is 6.10 Å². The summed E-state index contributed by atoms with van der Waals surface area (Å²) in [5.74, 6) is -0.109. The predicted molar refractivity (Wildman–Crippen MR) is 109 cm³/mol. The molecule has 3 rings (SSSR count). The molecule has 0 spiro atoms. The van der Waals surface area contributed by atoms with Crippen molar-refractivity contribution in [2.24, 2.45) is 0 Å². The molecule has 0 bridgehead atoms. The third-order valence-corrected chi connectivity index (χ3v) is 6.08. The fourth-order valence-electron chi connectivity index (χ4n) is 3.52. The van der Waals surface area contributed by atoms with Crippen LogP contribution in [0.4, 0.5) is 5.95 Å². The van der Waals surface area contributed by atoms with E-state index in [1.165, 1.54) is 0 Å². The van der Waals surface area contributed by atoms with E-state index in [9.17, 15) is 9.90 Å². The van der Waals surface area contributed by atoms with Crippen LogP contribution < -0.4 is 16.1 Å². The van der Waals surface area contributed by atoms with Crippen LogP contribution in [-0.4, -0.2) is 69.2 Å². The van der Waals surface area contributed by atoms with Gasteiger partial charge in [-0.2, -0.15) is 0 Å². The van der Waals surface area contributed by atoms with Crippen LogP contribution in [-0.2, 0) is 14.1 Å². The molecular weight excluding hydrogens is 375 g/mol. The number of amides is 1. The maximum atomic E-state index is 11.9. The monoisotopic (exact) mass is 406 g/mol. The minimum Gasteiger partial charge on any atom is -0.399 e. The minimum atomic E-state index is -1.41. The number of carbonyl (C=O) groups is 1. The summed E-state index contributed by atoms with van der Waals surface area (Å²) >= 11 is 0. The molecule has 1 aromatic heterocycles. The van der Waals surface area contributed by atoms with E-state index in [1.54, 1.807) is 12.4 Å². The number of hydrogen-bond donors (Lipinski definition) is 4. The topological polar surface area (TPSA) is 126 Å². The third-order valence-electron chi connectivity index (χ3n) is 6.08. The molecule has 29 heavy (non-hydrogen) atoms. The van der Waals surface area contributed by atoms with Gasteiger partial charge in [-0.05, 0) is 40.5 Å². The highest BCUT2D eigenvalue weighted by Gasteiger charge is 2.52. The average molecular weight is 406 g/mol. The fraction of sp³-hybridized carbons (Fsp3) is 0.737. The molecule has 1 saturated carbocycles. The quantitative estimate of drug-likeness (QED) is 0.486. The van der Waals surface area contributed by atoms with Gasteiger partial charge in [0.2, 0.25) is 5.95 Å². The lowest BCUT2D eigenvalue weighted by molar-refractivity contribution is -0.132. The van der Waals surface area contributed by atoms with Crippen molar-refractivity contribution >= 4 is 24.4 Å². The van der Waals surface area contributed by atoms with Crippen LogP contribution in [0.2, 0.25) is 0 Å². The largest absolute Gasteiger partial charge is 0.498 e. The van der Waals surface area contributed by atoms with Crippen molar-refractivity contribution < 1.29 is 24.3 Å². The predicted octanol–water partition coefficient (Wildman–Crippen LogP) is -0.0317. The van der Waals surface area contributed by atoms with E-state index in [0.29, 0.717) is 5.95 Å². The van der Waals surface area contributed by atoms with Crippen LogP contribution in [0.3, 0.4) is 0 Å². The number of nitrogens with zero attached hydrogens (tertiary/aromatic N) is 2. The van der Waals surface area contributed by atoms with Gasteiger partial charge in [-0.25, -0.2) is 9.97 Å². The zero-order valence-corrected chi connectivity index (χ0v) is 17.5. The summed E-state index contributed by atoms with van der Waals surface area (Å²) in [6, 6.07) is -0.217. The second-order valence-corrected chi connectivity index (χ2v) is 8.78. The van der Waals surface area contributed by atoms with E-state index in [0.717, 1.165) is 31.1 Å². The van der Waals surface area contributed by atoms with E-state index >= 15 is 0 Å². The van der Waals surface area contributed by atoms with Gasteiger partial charge in [0.1, 0.15) is 0 Å². The molecule has 1 aliphatic carbocycles. The Morgan fingerprint density at radius 2 is 1.72 bits per heavy atom. The van der Waals surface area contributed by atoms with Crippen LogP contribution in [0.5, 0.6) is 0 Å². The normalized spacial score (nSPS) is 26.8. The van der Waals surface area contributed by atoms with Crippen LogP contribution in [0.25, 0.3) is 0 Å². The van der Waals surface area contributed by atoms with Gasteiger partial charge in [0.05, 0.1) is 17.8 Å². The molecular formula is C19H31BN4O5. The number of nitrogens with one attached hydrogen (secondary N) is 2. The summed E-state index contributed by atoms with van der Waals surface area (Å²) in [5, 5.41) is 24.5. The molecule has 160 valence electrons. The average Bonchev–Trinajstić information content (AvgIpc) is 2.90. The van der Waals surface area contributed by atoms with Gasteiger partial charge in [-0.3, -0.25) is 4.79 Å². The standard InChI is InChI=1S/C19H31BN4O5/c1-18(2)19(3,4)29-20(28-18)12-9-21-17(22-10-12)24-14-8-6-5-7-13(14)23-16(27)15(26)11-25/h9-10,13-15,25-26H,5-8,11H2,1-4H3,(H,23,27)(H,21,22,24)/t13-,14-,15-/m0/s1. The van der Waals surface area contributed by atoms with Gasteiger partial charge in [0, 0.05) is 29.9 Å². The summed E-state index contributed by atoms with van der Waals surface area (Å²) < 4.78 is 12.0. The molecule has 0 unspecified atom stereocenters. The molecule has 2 heterocycles. The fourth-order valence-corrected chi connectivity index (χ4v) is 3.52. The van der Waals surface area contributed by atoms with E-state index in [4.69, 9.17) is 14.4 Å². The molecule has 2 aliphatic rings. The summed E-state index contributed by atoms with van der Waals surface area (Å²) in [5.41, 5.74) is -0.114. The van der Waals surface area contributed by atoms with Gasteiger partial charge < -0.3 is 30.2 Å². The lowest BCUT2D eigenvalue weighted by Crippen LogP contribution is -2.52. The second-order valence-electron chi connectivity index (χ2n) is 8.78. The number of aliphatic hydroxyl groups is 2. The Kier molecular flexibility index (Phi) is 6.47. The van der Waals surface area contributed by atoms with E-state index in [2.05, 4.69) is 20.6 Å². The zero-order valence-electron chi connectivity index (χ0n) is 17.5. The van der Waals surface area contributed by atoms with Crippen molar-refractivity contribution in [2.75, 3.05) is 11.9 Å². The van der Waals surface area contributed by atoms with Crippen LogP contribution >= 0.6 is 0 Å². The zero-order chi connectivity index (χ0) is 21.2. The van der Waals surface area contributed by atoms with Crippen molar-refractivity contribution in [1.82, 2.24) is 15.3 Å². The maximum Gasteiger partial charge on any atom is 0.498 e. The Morgan fingerprint density at radius 3 is 2.28 bits per heavy atom. The van der Waals surface area contributed by atoms with Crippen molar-refractivity contribution in [2.45, 2.75) is 82.8 Å². The lowest BCUT2D eigenvalue weighted by Gasteiger charge is -2.33. The molecule has 0 aromatic carbocycles. The first-order valence-corrected chi connectivity index (χ1v) is 10.2. The summed E-state index contributed by atoms with van der Waals surface area (Å²) in [4.78, 5) is 20.7. The highest BCUT2D eigenvalue weighted by Crippen LogP contribution is 2.36. The van der Waals surface area contributed by atoms with E-state index < -0.39 is 36.9 Å². The molecule has 1 aliphatic heterocycles. The van der Waals surface area contributed by atoms with Gasteiger partial charge >= 0.3 is 7.12 Å². The smallest absolute Gasteiger partial charge is 0.399 e. The summed E-state index contributed by atoms with van der Waals surface area (Å²) in [6.07, 6.45) is 5.61. The minimum absolute atomic E-state index is 0.0544. The number of hydrogen-bond acceptors (Lipinski definition) is 8. The van der Waals surface area contributed by atoms with Gasteiger partial charge in [-0.15, -0.1) is 0 Å². The highest BCUT2D eigenvalue weighted by atomic mass is 16.7. The van der Waals surface area contributed by atoms with E-state index in [-0.39, 0.29) is 12.1 Å². The molecule has 3 atom stereocenters. The highest BCUT2D eigenvalue weighted by molar-refractivity contribution is 6.61. The van der Waals surface area contributed by atoms with Crippen molar-refractivity contribution in [3.05, 3.63) is 12.4 Å². The van der Waals surface area contributed by atoms with Crippen LogP contribution in [0.15, 0.2) is 12.4 Å². The van der Waals surface area contributed by atoms with E-state index in [1.807, 2.05) is 27.7 Å². The Morgan fingerprint density at radius 1 is 1.17 bits per heavy atom.